The van der Waals surface area contributed by atoms with Gasteiger partial charge in [-0.3, -0.25) is 4.90 Å². The minimum atomic E-state index is 0.811. The highest BCUT2D eigenvalue weighted by molar-refractivity contribution is 4.80. The molecule has 0 bridgehead atoms. The van der Waals surface area contributed by atoms with Crippen molar-refractivity contribution in [3.05, 3.63) is 0 Å². The van der Waals surface area contributed by atoms with Gasteiger partial charge in [0.1, 0.15) is 0 Å². The topological polar surface area (TPSA) is 17.3 Å². The number of likely N-dealkylation sites (tertiary alicyclic amines) is 1. The zero-order chi connectivity index (χ0) is 7.52. The van der Waals surface area contributed by atoms with Crippen LogP contribution in [0.15, 0.2) is 0 Å². The van der Waals surface area contributed by atoms with Crippen molar-refractivity contribution in [2.75, 3.05) is 26.2 Å². The molecule has 2 heteroatoms. The van der Waals surface area contributed by atoms with E-state index in [9.17, 15) is 0 Å². The van der Waals surface area contributed by atoms with Crippen molar-refractivity contribution in [1.29, 1.82) is 0 Å². The molecule has 2 heterocycles. The molecule has 1 unspecified atom stereocenters. The molecule has 0 aromatic rings. The van der Waals surface area contributed by atoms with Crippen molar-refractivity contribution in [3.8, 4) is 0 Å². The third kappa shape index (κ3) is 1.74. The highest BCUT2D eigenvalue weighted by atomic mass is 15.2. The third-order valence-corrected chi connectivity index (χ3v) is 2.85. The first kappa shape index (κ1) is 7.56. The molecule has 11 heavy (non-hydrogen) atoms. The third-order valence-electron chi connectivity index (χ3n) is 2.85. The maximum atomic E-state index is 4.46. The second kappa shape index (κ2) is 3.55. The quantitative estimate of drug-likeness (QED) is 0.546. The van der Waals surface area contributed by atoms with E-state index in [-0.39, 0.29) is 0 Å². The number of piperidine rings is 1. The minimum Gasteiger partial charge on any atom is -0.299 e. The lowest BCUT2D eigenvalue weighted by Crippen LogP contribution is -2.41. The molecule has 2 nitrogen and oxygen atoms in total. The summed E-state index contributed by atoms with van der Waals surface area (Å²) in [5.41, 5.74) is 0. The Bertz CT molecular complexity index is 113. The van der Waals surface area contributed by atoms with Crippen LogP contribution in [0.4, 0.5) is 0 Å². The average Bonchev–Trinajstić information content (AvgIpc) is 2.58. The molecule has 2 saturated heterocycles. The lowest BCUT2D eigenvalue weighted by Gasteiger charge is -2.30. The summed E-state index contributed by atoms with van der Waals surface area (Å²) in [4.78, 5) is 2.63. The van der Waals surface area contributed by atoms with Crippen molar-refractivity contribution in [2.45, 2.75) is 31.7 Å². The monoisotopic (exact) mass is 153 g/mol. The Morgan fingerprint density at radius 3 is 2.55 bits per heavy atom. The summed E-state index contributed by atoms with van der Waals surface area (Å²) in [6.07, 6.45) is 5.54. The molecule has 0 saturated carbocycles. The van der Waals surface area contributed by atoms with Gasteiger partial charge in [-0.2, -0.15) is 0 Å². The van der Waals surface area contributed by atoms with Crippen LogP contribution in [0, 0.1) is 0 Å². The summed E-state index contributed by atoms with van der Waals surface area (Å²) in [6.45, 7) is 4.89. The fourth-order valence-corrected chi connectivity index (χ4v) is 2.18. The Morgan fingerprint density at radius 1 is 1.09 bits per heavy atom. The van der Waals surface area contributed by atoms with Crippen LogP contribution in [-0.2, 0) is 0 Å². The van der Waals surface area contributed by atoms with E-state index in [0.717, 1.165) is 19.1 Å². The summed E-state index contributed by atoms with van der Waals surface area (Å²) in [6, 6.07) is 0.811. The SMILES string of the molecule is C1C[N]CC(N2CCCC2)C1. The van der Waals surface area contributed by atoms with Crippen molar-refractivity contribution in [3.63, 3.8) is 0 Å². The van der Waals surface area contributed by atoms with Gasteiger partial charge in [-0.15, -0.1) is 0 Å². The first-order valence-corrected chi connectivity index (χ1v) is 4.84. The molecule has 0 N–H and O–H groups in total. The molecule has 2 rings (SSSR count). The normalized spacial score (nSPS) is 34.4. The number of hydrogen-bond acceptors (Lipinski definition) is 1. The van der Waals surface area contributed by atoms with E-state index >= 15 is 0 Å². The summed E-state index contributed by atoms with van der Waals surface area (Å²) in [7, 11) is 0. The summed E-state index contributed by atoms with van der Waals surface area (Å²) >= 11 is 0. The lowest BCUT2D eigenvalue weighted by molar-refractivity contribution is 0.201. The minimum absolute atomic E-state index is 0.811. The smallest absolute Gasteiger partial charge is 0.0289 e. The van der Waals surface area contributed by atoms with E-state index in [1.54, 1.807) is 0 Å². The van der Waals surface area contributed by atoms with Crippen molar-refractivity contribution in [2.24, 2.45) is 0 Å². The highest BCUT2D eigenvalue weighted by Gasteiger charge is 2.23. The first-order chi connectivity index (χ1) is 5.47. The molecule has 2 fully saturated rings. The Balaban J connectivity index is 1.82. The predicted octanol–water partition coefficient (Wildman–Crippen LogP) is 0.849. The molecule has 63 valence electrons. The second-order valence-electron chi connectivity index (χ2n) is 3.67. The van der Waals surface area contributed by atoms with Crippen LogP contribution in [0.1, 0.15) is 25.7 Å². The van der Waals surface area contributed by atoms with E-state index in [1.165, 1.54) is 38.8 Å². The molecular formula is C9H17N2. The Kier molecular flexibility index (Phi) is 2.44. The fourth-order valence-electron chi connectivity index (χ4n) is 2.18. The van der Waals surface area contributed by atoms with Gasteiger partial charge < -0.3 is 0 Å². The van der Waals surface area contributed by atoms with Crippen LogP contribution in [-0.4, -0.2) is 37.1 Å². The van der Waals surface area contributed by atoms with Gasteiger partial charge in [0.05, 0.1) is 0 Å². The molecule has 0 aromatic carbocycles. The van der Waals surface area contributed by atoms with Gasteiger partial charge >= 0.3 is 0 Å². The predicted molar refractivity (Wildman–Crippen MR) is 45.7 cm³/mol. The zero-order valence-electron chi connectivity index (χ0n) is 7.13. The Morgan fingerprint density at radius 2 is 1.91 bits per heavy atom. The lowest BCUT2D eigenvalue weighted by atomic mass is 10.1. The van der Waals surface area contributed by atoms with Gasteiger partial charge in [0.2, 0.25) is 0 Å². The van der Waals surface area contributed by atoms with Crippen LogP contribution < -0.4 is 5.32 Å². The molecule has 2 aliphatic rings. The first-order valence-electron chi connectivity index (χ1n) is 4.84. The highest BCUT2D eigenvalue weighted by Crippen LogP contribution is 2.16. The van der Waals surface area contributed by atoms with E-state index in [0.29, 0.717) is 0 Å². The molecular weight excluding hydrogens is 136 g/mol. The number of rotatable bonds is 1. The van der Waals surface area contributed by atoms with E-state index in [2.05, 4.69) is 10.2 Å². The van der Waals surface area contributed by atoms with Gasteiger partial charge in [-0.05, 0) is 38.8 Å². The molecule has 1 radical (unpaired) electrons. The van der Waals surface area contributed by atoms with Crippen LogP contribution in [0.5, 0.6) is 0 Å². The Labute approximate surface area is 69.0 Å². The molecule has 0 spiro atoms. The maximum absolute atomic E-state index is 4.46. The van der Waals surface area contributed by atoms with Gasteiger partial charge in [0, 0.05) is 19.1 Å². The second-order valence-corrected chi connectivity index (χ2v) is 3.67. The summed E-state index contributed by atoms with van der Waals surface area (Å²) in [5.74, 6) is 0. The molecule has 1 atom stereocenters. The van der Waals surface area contributed by atoms with Crippen molar-refractivity contribution >= 4 is 0 Å². The van der Waals surface area contributed by atoms with Gasteiger partial charge in [0.25, 0.3) is 0 Å². The van der Waals surface area contributed by atoms with Crippen LogP contribution >= 0.6 is 0 Å². The standard InChI is InChI=1S/C9H17N2/c1-2-7-11(6-1)9-4-3-5-10-8-9/h9H,1-8H2. The van der Waals surface area contributed by atoms with Gasteiger partial charge in [0.15, 0.2) is 0 Å². The molecule has 2 aliphatic heterocycles. The number of nitrogens with zero attached hydrogens (tertiary/aromatic N) is 2. The average molecular weight is 153 g/mol. The zero-order valence-corrected chi connectivity index (χ0v) is 7.13. The van der Waals surface area contributed by atoms with Crippen LogP contribution in [0.25, 0.3) is 0 Å². The van der Waals surface area contributed by atoms with Crippen molar-refractivity contribution in [1.82, 2.24) is 10.2 Å². The molecule has 0 aromatic heterocycles. The van der Waals surface area contributed by atoms with Gasteiger partial charge in [-0.1, -0.05) is 0 Å². The molecule has 0 aliphatic carbocycles. The van der Waals surface area contributed by atoms with Gasteiger partial charge in [-0.25, -0.2) is 5.32 Å². The number of hydrogen-bond donors (Lipinski definition) is 0. The maximum Gasteiger partial charge on any atom is 0.0289 e. The largest absolute Gasteiger partial charge is 0.299 e. The Hall–Kier alpha value is -0.0800. The van der Waals surface area contributed by atoms with E-state index in [1.807, 2.05) is 0 Å². The van der Waals surface area contributed by atoms with E-state index < -0.39 is 0 Å². The summed E-state index contributed by atoms with van der Waals surface area (Å²) < 4.78 is 0. The van der Waals surface area contributed by atoms with Crippen molar-refractivity contribution < 1.29 is 0 Å². The fraction of sp³-hybridized carbons (Fsp3) is 1.00. The summed E-state index contributed by atoms with van der Waals surface area (Å²) in [5, 5.41) is 4.46. The van der Waals surface area contributed by atoms with Crippen LogP contribution in [0.3, 0.4) is 0 Å². The molecule has 0 amide bonds. The van der Waals surface area contributed by atoms with Crippen LogP contribution in [0.2, 0.25) is 0 Å². The van der Waals surface area contributed by atoms with E-state index in [4.69, 9.17) is 0 Å².